The Balaban J connectivity index is 1.77. The van der Waals surface area contributed by atoms with Crippen molar-refractivity contribution in [2.45, 2.75) is 20.8 Å². The van der Waals surface area contributed by atoms with E-state index in [0.29, 0.717) is 27.5 Å². The van der Waals surface area contributed by atoms with Gasteiger partial charge in [-0.2, -0.15) is 0 Å². The molecule has 1 aliphatic rings. The predicted octanol–water partition coefficient (Wildman–Crippen LogP) is 4.51. The molecule has 1 fully saturated rings. The van der Waals surface area contributed by atoms with E-state index in [1.807, 2.05) is 32.9 Å². The van der Waals surface area contributed by atoms with Gasteiger partial charge in [-0.3, -0.25) is 19.3 Å². The molecule has 0 atom stereocenters. The Morgan fingerprint density at radius 3 is 2.45 bits per heavy atom. The van der Waals surface area contributed by atoms with Gasteiger partial charge in [-0.15, -0.1) is 0 Å². The summed E-state index contributed by atoms with van der Waals surface area (Å²) in [6.07, 6.45) is 1.44. The van der Waals surface area contributed by atoms with E-state index in [-0.39, 0.29) is 10.7 Å². The van der Waals surface area contributed by atoms with Crippen LogP contribution in [0, 0.1) is 20.8 Å². The van der Waals surface area contributed by atoms with Gasteiger partial charge in [0.1, 0.15) is 12.3 Å². The zero-order valence-electron chi connectivity index (χ0n) is 18.1. The number of nitrogens with one attached hydrogen (secondary N) is 1. The van der Waals surface area contributed by atoms with Gasteiger partial charge >= 0.3 is 5.97 Å². The highest BCUT2D eigenvalue weighted by Gasteiger charge is 2.36. The minimum absolute atomic E-state index is 0.105. The lowest BCUT2D eigenvalue weighted by Gasteiger charge is -2.16. The number of rotatable bonds is 7. The molecule has 2 aromatic carbocycles. The second kappa shape index (κ2) is 10.2. The molecule has 1 heterocycles. The summed E-state index contributed by atoms with van der Waals surface area (Å²) in [6.45, 7) is 4.74. The van der Waals surface area contributed by atoms with Crippen molar-refractivity contribution in [2.75, 3.05) is 18.5 Å². The number of aliphatic carboxylic acids is 1. The summed E-state index contributed by atoms with van der Waals surface area (Å²) < 4.78 is 5.95. The fraction of sp³-hybridized carbons (Fsp3) is 0.217. The van der Waals surface area contributed by atoms with Crippen molar-refractivity contribution in [3.8, 4) is 5.75 Å². The van der Waals surface area contributed by atoms with Crippen LogP contribution in [0.4, 0.5) is 10.5 Å². The Hall–Kier alpha value is -3.11. The largest absolute Gasteiger partial charge is 0.481 e. The van der Waals surface area contributed by atoms with Gasteiger partial charge in [0, 0.05) is 15.7 Å². The van der Waals surface area contributed by atoms with Crippen LogP contribution in [0.25, 0.3) is 6.08 Å². The number of thioether (sulfide) groups is 1. The van der Waals surface area contributed by atoms with Crippen LogP contribution < -0.4 is 10.1 Å². The Kier molecular flexibility index (Phi) is 7.60. The molecule has 2 aromatic rings. The lowest BCUT2D eigenvalue weighted by atomic mass is 10.1. The SMILES string of the molecule is Cc1cc(C)c(NC(=O)CN2C(=O)S/C(=C/c3cc(Br)ccc3OCC(=O)O)C2=O)c(C)c1. The normalized spacial score (nSPS) is 14.7. The number of aryl methyl sites for hydroxylation is 3. The summed E-state index contributed by atoms with van der Waals surface area (Å²) in [5.41, 5.74) is 3.92. The molecule has 0 spiro atoms. The van der Waals surface area contributed by atoms with Crippen molar-refractivity contribution in [1.82, 2.24) is 4.90 Å². The highest BCUT2D eigenvalue weighted by atomic mass is 79.9. The first-order valence-electron chi connectivity index (χ1n) is 9.82. The summed E-state index contributed by atoms with van der Waals surface area (Å²) >= 11 is 4.03. The van der Waals surface area contributed by atoms with Crippen molar-refractivity contribution in [1.29, 1.82) is 0 Å². The third kappa shape index (κ3) is 6.02. The maximum atomic E-state index is 12.8. The standard InChI is InChI=1S/C23H21BrN2O6S/c1-12-6-13(2)21(14(3)7-12)25-19(27)10-26-22(30)18(33-23(26)31)9-15-8-16(24)4-5-17(15)32-11-20(28)29/h4-9H,10-11H2,1-3H3,(H,25,27)(H,28,29)/b18-9+. The number of nitrogens with zero attached hydrogens (tertiary/aromatic N) is 1. The average Bonchev–Trinajstić information content (AvgIpc) is 2.97. The minimum atomic E-state index is -1.14. The third-order valence-corrected chi connectivity index (χ3v) is 6.13. The molecule has 0 unspecified atom stereocenters. The number of amides is 3. The van der Waals surface area contributed by atoms with Crippen LogP contribution in [0.3, 0.4) is 0 Å². The maximum Gasteiger partial charge on any atom is 0.341 e. The quantitative estimate of drug-likeness (QED) is 0.504. The van der Waals surface area contributed by atoms with Crippen molar-refractivity contribution in [2.24, 2.45) is 0 Å². The molecule has 1 aliphatic heterocycles. The number of imide groups is 1. The average molecular weight is 533 g/mol. The van der Waals surface area contributed by atoms with Crippen LogP contribution in [0.15, 0.2) is 39.7 Å². The first kappa shape index (κ1) is 24.5. The molecule has 1 saturated heterocycles. The predicted molar refractivity (Wildman–Crippen MR) is 129 cm³/mol. The summed E-state index contributed by atoms with van der Waals surface area (Å²) in [5, 5.41) is 11.1. The number of carbonyl (C=O) groups is 4. The molecular weight excluding hydrogens is 512 g/mol. The number of carboxylic acid groups (broad SMARTS) is 1. The van der Waals surface area contributed by atoms with Crippen LogP contribution in [-0.2, 0) is 14.4 Å². The molecule has 8 nitrogen and oxygen atoms in total. The number of anilines is 1. The zero-order valence-corrected chi connectivity index (χ0v) is 20.5. The molecule has 0 saturated carbocycles. The molecule has 3 amide bonds. The fourth-order valence-electron chi connectivity index (χ4n) is 3.38. The number of hydrogen-bond donors (Lipinski definition) is 2. The molecular formula is C23H21BrN2O6S. The molecule has 33 heavy (non-hydrogen) atoms. The molecule has 10 heteroatoms. The number of ether oxygens (including phenoxy) is 1. The number of hydrogen-bond acceptors (Lipinski definition) is 6. The molecule has 3 rings (SSSR count). The summed E-state index contributed by atoms with van der Waals surface area (Å²) in [4.78, 5) is 49.7. The van der Waals surface area contributed by atoms with Crippen molar-refractivity contribution in [3.05, 3.63) is 62.0 Å². The van der Waals surface area contributed by atoms with E-state index < -0.39 is 36.2 Å². The smallest absolute Gasteiger partial charge is 0.341 e. The number of carboxylic acids is 1. The Morgan fingerprint density at radius 2 is 1.82 bits per heavy atom. The lowest BCUT2D eigenvalue weighted by molar-refractivity contribution is -0.139. The maximum absolute atomic E-state index is 12.8. The van der Waals surface area contributed by atoms with Gasteiger partial charge in [0.25, 0.3) is 11.1 Å². The second-order valence-electron chi connectivity index (χ2n) is 7.45. The van der Waals surface area contributed by atoms with E-state index in [0.717, 1.165) is 21.6 Å². The van der Waals surface area contributed by atoms with Crippen LogP contribution in [0.1, 0.15) is 22.3 Å². The van der Waals surface area contributed by atoms with E-state index in [4.69, 9.17) is 9.84 Å². The monoisotopic (exact) mass is 532 g/mol. The van der Waals surface area contributed by atoms with Crippen molar-refractivity contribution >= 4 is 62.5 Å². The van der Waals surface area contributed by atoms with Crippen molar-refractivity contribution in [3.63, 3.8) is 0 Å². The van der Waals surface area contributed by atoms with Crippen LogP contribution in [-0.4, -0.2) is 46.2 Å². The van der Waals surface area contributed by atoms with Crippen molar-refractivity contribution < 1.29 is 29.0 Å². The molecule has 2 N–H and O–H groups in total. The van der Waals surface area contributed by atoms with Gasteiger partial charge in [-0.1, -0.05) is 33.6 Å². The zero-order chi connectivity index (χ0) is 24.3. The van der Waals surface area contributed by atoms with Gasteiger partial charge in [-0.25, -0.2) is 4.79 Å². The molecule has 0 bridgehead atoms. The Labute approximate surface area is 203 Å². The Morgan fingerprint density at radius 1 is 1.15 bits per heavy atom. The van der Waals surface area contributed by atoms with Gasteiger partial charge in [0.15, 0.2) is 6.61 Å². The summed E-state index contributed by atoms with van der Waals surface area (Å²) in [7, 11) is 0. The van der Waals surface area contributed by atoms with Crippen LogP contribution in [0.2, 0.25) is 0 Å². The molecule has 172 valence electrons. The highest BCUT2D eigenvalue weighted by Crippen LogP contribution is 2.35. The first-order chi connectivity index (χ1) is 15.5. The number of halogens is 1. The van der Waals surface area contributed by atoms with E-state index in [1.165, 1.54) is 6.08 Å². The van der Waals surface area contributed by atoms with Crippen LogP contribution in [0.5, 0.6) is 5.75 Å². The summed E-state index contributed by atoms with van der Waals surface area (Å²) in [6, 6.07) is 8.74. The molecule has 0 aliphatic carbocycles. The number of benzene rings is 2. The van der Waals surface area contributed by atoms with E-state index in [2.05, 4.69) is 21.2 Å². The second-order valence-corrected chi connectivity index (χ2v) is 9.36. The lowest BCUT2D eigenvalue weighted by Crippen LogP contribution is -2.36. The molecule has 0 radical (unpaired) electrons. The first-order valence-corrected chi connectivity index (χ1v) is 11.4. The Bertz CT molecular complexity index is 1170. The van der Waals surface area contributed by atoms with E-state index >= 15 is 0 Å². The summed E-state index contributed by atoms with van der Waals surface area (Å²) in [5.74, 6) is -1.99. The van der Waals surface area contributed by atoms with E-state index in [1.54, 1.807) is 18.2 Å². The number of carbonyl (C=O) groups excluding carboxylic acids is 3. The van der Waals surface area contributed by atoms with Crippen LogP contribution >= 0.6 is 27.7 Å². The van der Waals surface area contributed by atoms with Gasteiger partial charge in [0.05, 0.1) is 4.91 Å². The van der Waals surface area contributed by atoms with E-state index in [9.17, 15) is 19.2 Å². The minimum Gasteiger partial charge on any atom is -0.481 e. The third-order valence-electron chi connectivity index (χ3n) is 4.73. The highest BCUT2D eigenvalue weighted by molar-refractivity contribution is 9.10. The molecule has 0 aromatic heterocycles. The van der Waals surface area contributed by atoms with Gasteiger partial charge < -0.3 is 15.2 Å². The fourth-order valence-corrected chi connectivity index (χ4v) is 4.59. The topological polar surface area (TPSA) is 113 Å². The van der Waals surface area contributed by atoms with Gasteiger partial charge in [-0.05, 0) is 67.9 Å². The van der Waals surface area contributed by atoms with Gasteiger partial charge in [0.2, 0.25) is 5.91 Å².